The van der Waals surface area contributed by atoms with Gasteiger partial charge in [0.05, 0.1) is 12.6 Å². The molecule has 0 N–H and O–H groups in total. The molecule has 3 heterocycles. The lowest BCUT2D eigenvalue weighted by atomic mass is 9.74. The molecule has 0 aromatic carbocycles. The van der Waals surface area contributed by atoms with Crippen molar-refractivity contribution in [3.8, 4) is 0 Å². The monoisotopic (exact) mass is 366 g/mol. The number of likely N-dealkylation sites (tertiary alicyclic amines) is 1. The number of rotatable bonds is 4. The van der Waals surface area contributed by atoms with E-state index in [1.807, 2.05) is 18.5 Å². The third kappa shape index (κ3) is 3.52. The van der Waals surface area contributed by atoms with E-state index >= 15 is 0 Å². The van der Waals surface area contributed by atoms with E-state index in [1.165, 1.54) is 19.3 Å². The third-order valence-corrected chi connectivity index (χ3v) is 6.43. The number of aryl methyl sites for hydroxylation is 1. The summed E-state index contributed by atoms with van der Waals surface area (Å²) in [6, 6.07) is 4.16. The molecule has 1 saturated heterocycles. The molecular formula is C22H30N4O. The molecule has 0 radical (unpaired) electrons. The van der Waals surface area contributed by atoms with Gasteiger partial charge in [-0.25, -0.2) is 4.98 Å². The number of nitrogens with zero attached hydrogens (tertiary/aromatic N) is 4. The number of carbonyl (C=O) groups is 1. The quantitative estimate of drug-likeness (QED) is 0.812. The standard InChI is InChI=1S/C22H30N4O/c1-17-14-24-20(26(17)16-18-8-6-12-23-15-18)19-9-7-13-25(19)21(27)22(2)10-4-3-5-11-22/h6,8,12,14-15,19H,3-5,7,9-11,13,16H2,1-2H3. The van der Waals surface area contributed by atoms with Gasteiger partial charge in [-0.05, 0) is 44.2 Å². The van der Waals surface area contributed by atoms with Crippen LogP contribution in [0.25, 0.3) is 0 Å². The van der Waals surface area contributed by atoms with E-state index in [0.717, 1.165) is 55.9 Å². The fourth-order valence-electron chi connectivity index (χ4n) is 4.80. The molecule has 5 nitrogen and oxygen atoms in total. The van der Waals surface area contributed by atoms with Crippen LogP contribution >= 0.6 is 0 Å². The number of imidazole rings is 1. The third-order valence-electron chi connectivity index (χ3n) is 6.43. The van der Waals surface area contributed by atoms with Gasteiger partial charge in [0.1, 0.15) is 5.82 Å². The van der Waals surface area contributed by atoms with Crippen LogP contribution in [-0.2, 0) is 11.3 Å². The summed E-state index contributed by atoms with van der Waals surface area (Å²) < 4.78 is 2.26. The summed E-state index contributed by atoms with van der Waals surface area (Å²) >= 11 is 0. The van der Waals surface area contributed by atoms with Gasteiger partial charge in [0.2, 0.25) is 5.91 Å². The summed E-state index contributed by atoms with van der Waals surface area (Å²) in [5.41, 5.74) is 2.11. The van der Waals surface area contributed by atoms with Crippen molar-refractivity contribution in [1.29, 1.82) is 0 Å². The van der Waals surface area contributed by atoms with Crippen molar-refractivity contribution in [3.63, 3.8) is 0 Å². The highest BCUT2D eigenvalue weighted by Crippen LogP contribution is 2.42. The minimum Gasteiger partial charge on any atom is -0.332 e. The van der Waals surface area contributed by atoms with Crippen LogP contribution in [0, 0.1) is 12.3 Å². The van der Waals surface area contributed by atoms with E-state index in [0.29, 0.717) is 5.91 Å². The molecular weight excluding hydrogens is 336 g/mol. The molecule has 0 bridgehead atoms. The van der Waals surface area contributed by atoms with Crippen LogP contribution in [-0.4, -0.2) is 31.9 Å². The Balaban J connectivity index is 1.60. The van der Waals surface area contributed by atoms with Crippen molar-refractivity contribution >= 4 is 5.91 Å². The van der Waals surface area contributed by atoms with Crippen LogP contribution in [0.5, 0.6) is 0 Å². The number of pyridine rings is 1. The van der Waals surface area contributed by atoms with Gasteiger partial charge < -0.3 is 9.47 Å². The Kier molecular flexibility index (Phi) is 5.02. The predicted octanol–water partition coefficient (Wildman–Crippen LogP) is 4.27. The first-order valence-corrected chi connectivity index (χ1v) is 10.3. The molecule has 1 aliphatic carbocycles. The largest absolute Gasteiger partial charge is 0.332 e. The highest BCUT2D eigenvalue weighted by molar-refractivity contribution is 5.83. The first-order valence-electron chi connectivity index (χ1n) is 10.3. The average Bonchev–Trinajstić information content (AvgIpc) is 3.30. The lowest BCUT2D eigenvalue weighted by Gasteiger charge is -2.38. The molecule has 27 heavy (non-hydrogen) atoms. The summed E-state index contributed by atoms with van der Waals surface area (Å²) in [5.74, 6) is 1.37. The van der Waals surface area contributed by atoms with Gasteiger partial charge in [-0.1, -0.05) is 32.3 Å². The topological polar surface area (TPSA) is 51.0 Å². The lowest BCUT2D eigenvalue weighted by molar-refractivity contribution is -0.144. The fraction of sp³-hybridized carbons (Fsp3) is 0.591. The van der Waals surface area contributed by atoms with Crippen LogP contribution in [0.1, 0.15) is 75.0 Å². The van der Waals surface area contributed by atoms with Gasteiger partial charge in [-0.3, -0.25) is 9.78 Å². The number of amides is 1. The Morgan fingerprint density at radius 2 is 2.04 bits per heavy atom. The summed E-state index contributed by atoms with van der Waals surface area (Å²) in [6.45, 7) is 5.89. The summed E-state index contributed by atoms with van der Waals surface area (Å²) in [5, 5.41) is 0. The van der Waals surface area contributed by atoms with E-state index in [4.69, 9.17) is 4.98 Å². The molecule has 144 valence electrons. The molecule has 5 heteroatoms. The molecule has 1 unspecified atom stereocenters. The Bertz CT molecular complexity index is 792. The van der Waals surface area contributed by atoms with E-state index in [9.17, 15) is 4.79 Å². The number of aromatic nitrogens is 3. The number of hydrogen-bond donors (Lipinski definition) is 0. The maximum atomic E-state index is 13.5. The van der Waals surface area contributed by atoms with E-state index in [-0.39, 0.29) is 11.5 Å². The number of hydrogen-bond acceptors (Lipinski definition) is 3. The zero-order chi connectivity index (χ0) is 18.9. The van der Waals surface area contributed by atoms with Crippen molar-refractivity contribution in [2.75, 3.05) is 6.54 Å². The zero-order valence-electron chi connectivity index (χ0n) is 16.5. The molecule has 1 amide bonds. The van der Waals surface area contributed by atoms with E-state index in [1.54, 1.807) is 6.20 Å². The van der Waals surface area contributed by atoms with E-state index < -0.39 is 0 Å². The van der Waals surface area contributed by atoms with Gasteiger partial charge in [0.25, 0.3) is 0 Å². The van der Waals surface area contributed by atoms with E-state index in [2.05, 4.69) is 34.4 Å². The lowest BCUT2D eigenvalue weighted by Crippen LogP contribution is -2.43. The fourth-order valence-corrected chi connectivity index (χ4v) is 4.80. The molecule has 1 atom stereocenters. The van der Waals surface area contributed by atoms with Gasteiger partial charge in [0, 0.05) is 36.2 Å². The second-order valence-corrected chi connectivity index (χ2v) is 8.48. The molecule has 2 aliphatic rings. The molecule has 1 aliphatic heterocycles. The second-order valence-electron chi connectivity index (χ2n) is 8.48. The zero-order valence-corrected chi connectivity index (χ0v) is 16.5. The van der Waals surface area contributed by atoms with Crippen molar-refractivity contribution in [1.82, 2.24) is 19.4 Å². The molecule has 0 spiro atoms. The van der Waals surface area contributed by atoms with Gasteiger partial charge in [-0.2, -0.15) is 0 Å². The highest BCUT2D eigenvalue weighted by Gasteiger charge is 2.42. The number of carbonyl (C=O) groups excluding carboxylic acids is 1. The molecule has 2 aromatic heterocycles. The first-order chi connectivity index (χ1) is 13.1. The Morgan fingerprint density at radius 3 is 2.78 bits per heavy atom. The van der Waals surface area contributed by atoms with Crippen molar-refractivity contribution in [3.05, 3.63) is 47.8 Å². The molecule has 1 saturated carbocycles. The van der Waals surface area contributed by atoms with Crippen LogP contribution in [0.2, 0.25) is 0 Å². The van der Waals surface area contributed by atoms with Crippen molar-refractivity contribution < 1.29 is 4.79 Å². The van der Waals surface area contributed by atoms with Crippen LogP contribution in [0.3, 0.4) is 0 Å². The summed E-state index contributed by atoms with van der Waals surface area (Å²) in [7, 11) is 0. The van der Waals surface area contributed by atoms with Gasteiger partial charge in [0.15, 0.2) is 0 Å². The Labute approximate surface area is 161 Å². The molecule has 2 fully saturated rings. The van der Waals surface area contributed by atoms with Gasteiger partial charge in [-0.15, -0.1) is 0 Å². The van der Waals surface area contributed by atoms with Crippen molar-refractivity contribution in [2.45, 2.75) is 71.4 Å². The highest BCUT2D eigenvalue weighted by atomic mass is 16.2. The van der Waals surface area contributed by atoms with Crippen LogP contribution < -0.4 is 0 Å². The van der Waals surface area contributed by atoms with Crippen molar-refractivity contribution in [2.24, 2.45) is 5.41 Å². The average molecular weight is 367 g/mol. The SMILES string of the molecule is Cc1cnc(C2CCCN2C(=O)C2(C)CCCCC2)n1Cc1cccnc1. The predicted molar refractivity (Wildman–Crippen MR) is 105 cm³/mol. The summed E-state index contributed by atoms with van der Waals surface area (Å²) in [4.78, 5) is 24.6. The Morgan fingerprint density at radius 1 is 1.22 bits per heavy atom. The minimum absolute atomic E-state index is 0.0987. The van der Waals surface area contributed by atoms with Crippen LogP contribution in [0.4, 0.5) is 0 Å². The second kappa shape index (κ2) is 7.45. The van der Waals surface area contributed by atoms with Crippen LogP contribution in [0.15, 0.2) is 30.7 Å². The molecule has 2 aromatic rings. The maximum Gasteiger partial charge on any atom is 0.229 e. The molecule has 4 rings (SSSR count). The Hall–Kier alpha value is -2.17. The smallest absolute Gasteiger partial charge is 0.229 e. The van der Waals surface area contributed by atoms with Gasteiger partial charge >= 0.3 is 0 Å². The normalized spacial score (nSPS) is 22.1. The first kappa shape index (κ1) is 18.2. The maximum absolute atomic E-state index is 13.5. The minimum atomic E-state index is -0.184. The summed E-state index contributed by atoms with van der Waals surface area (Å²) in [6.07, 6.45) is 13.4.